The summed E-state index contributed by atoms with van der Waals surface area (Å²) in [6.45, 7) is 18.5. The van der Waals surface area contributed by atoms with E-state index < -0.39 is 0 Å². The van der Waals surface area contributed by atoms with Gasteiger partial charge in [0.05, 0.1) is 52.6 Å². The molecule has 0 rings (SSSR count). The molecule has 0 aromatic heterocycles. The molecule has 12 heteroatoms. The van der Waals surface area contributed by atoms with Gasteiger partial charge < -0.3 is 38.5 Å². The monoisotopic (exact) mass is 995 g/mol. The highest BCUT2D eigenvalue weighted by Crippen LogP contribution is 2.13. The minimum atomic E-state index is -0.245. The number of methoxy groups -OCH3 is 1. The van der Waals surface area contributed by atoms with Gasteiger partial charge in [-0.3, -0.25) is 19.2 Å². The van der Waals surface area contributed by atoms with Gasteiger partial charge in [0.2, 0.25) is 0 Å². The van der Waals surface area contributed by atoms with E-state index in [1.54, 1.807) is 0 Å². The van der Waals surface area contributed by atoms with Crippen molar-refractivity contribution in [3.05, 3.63) is 0 Å². The molecule has 0 spiro atoms. The van der Waals surface area contributed by atoms with Crippen molar-refractivity contribution in [1.29, 1.82) is 0 Å². The number of carbonyl (C=O) groups excluding carboxylic acids is 4. The minimum absolute atomic E-state index is 0.166. The van der Waals surface area contributed by atoms with Crippen LogP contribution in [0.25, 0.3) is 0 Å². The van der Waals surface area contributed by atoms with Gasteiger partial charge in [-0.05, 0) is 39.3 Å². The number of hydrogen-bond donors (Lipinski definition) is 0. The number of nitrogens with zero attached hydrogens (tertiary/aromatic N) is 4. The predicted octanol–water partition coefficient (Wildman–Crippen LogP) is 13.0. The van der Waals surface area contributed by atoms with Gasteiger partial charge in [-0.25, -0.2) is 0 Å². The second-order valence-electron chi connectivity index (χ2n) is 20.3. The lowest BCUT2D eigenvalue weighted by molar-refractivity contribution is -0.145. The Morgan fingerprint density at radius 3 is 0.829 bits per heavy atom. The quantitative estimate of drug-likeness (QED) is 0.0328. The zero-order valence-corrected chi connectivity index (χ0v) is 47.0. The van der Waals surface area contributed by atoms with Crippen molar-refractivity contribution in [1.82, 2.24) is 19.6 Å². The van der Waals surface area contributed by atoms with Crippen molar-refractivity contribution in [2.45, 2.75) is 246 Å². The van der Waals surface area contributed by atoms with Gasteiger partial charge in [0.15, 0.2) is 0 Å². The van der Waals surface area contributed by atoms with Crippen molar-refractivity contribution < 1.29 is 38.1 Å². The molecule has 0 aliphatic carbocycles. The van der Waals surface area contributed by atoms with Crippen LogP contribution >= 0.6 is 0 Å². The Hall–Kier alpha value is -2.28. The average Bonchev–Trinajstić information content (AvgIpc) is 3.36. The van der Waals surface area contributed by atoms with Crippen molar-refractivity contribution in [2.24, 2.45) is 0 Å². The van der Waals surface area contributed by atoms with Crippen molar-refractivity contribution in [2.75, 3.05) is 106 Å². The Kier molecular flexibility index (Phi) is 51.3. The van der Waals surface area contributed by atoms with Gasteiger partial charge in [-0.1, -0.05) is 195 Å². The Morgan fingerprint density at radius 2 is 0.529 bits per heavy atom. The fraction of sp³-hybridized carbons (Fsp3) is 0.931. The molecule has 0 N–H and O–H groups in total. The molecule has 0 aromatic carbocycles. The van der Waals surface area contributed by atoms with E-state index in [1.165, 1.54) is 148 Å². The molecule has 70 heavy (non-hydrogen) atoms. The van der Waals surface area contributed by atoms with Crippen molar-refractivity contribution in [3.8, 4) is 0 Å². The highest BCUT2D eigenvalue weighted by molar-refractivity contribution is 5.70. The molecule has 0 heterocycles. The highest BCUT2D eigenvalue weighted by Gasteiger charge is 2.17. The van der Waals surface area contributed by atoms with E-state index in [1.807, 2.05) is 0 Å². The van der Waals surface area contributed by atoms with Crippen LogP contribution in [-0.4, -0.2) is 149 Å². The molecule has 0 aliphatic rings. The molecule has 0 radical (unpaired) electrons. The van der Waals surface area contributed by atoms with E-state index in [9.17, 15) is 19.2 Å². The Morgan fingerprint density at radius 1 is 0.286 bits per heavy atom. The van der Waals surface area contributed by atoms with E-state index >= 15 is 0 Å². The zero-order chi connectivity index (χ0) is 51.4. The fourth-order valence-corrected chi connectivity index (χ4v) is 8.72. The van der Waals surface area contributed by atoms with Crippen LogP contribution in [0.2, 0.25) is 0 Å². The molecule has 0 saturated carbocycles. The molecule has 12 nitrogen and oxygen atoms in total. The van der Waals surface area contributed by atoms with Crippen LogP contribution in [0.1, 0.15) is 246 Å². The summed E-state index contributed by atoms with van der Waals surface area (Å²) in [6, 6.07) is 0. The Bertz CT molecular complexity index is 1140. The molecule has 0 saturated heterocycles. The first kappa shape index (κ1) is 67.7. The lowest BCUT2D eigenvalue weighted by atomic mass is 10.1. The van der Waals surface area contributed by atoms with Gasteiger partial charge in [-0.15, -0.1) is 0 Å². The van der Waals surface area contributed by atoms with Crippen molar-refractivity contribution in [3.63, 3.8) is 0 Å². The normalized spacial score (nSPS) is 11.6. The zero-order valence-electron chi connectivity index (χ0n) is 47.0. The maximum absolute atomic E-state index is 12.8. The average molecular weight is 996 g/mol. The highest BCUT2D eigenvalue weighted by atomic mass is 16.5. The maximum Gasteiger partial charge on any atom is 0.307 e. The summed E-state index contributed by atoms with van der Waals surface area (Å²) in [5, 5.41) is 0. The number of carbonyl (C=O) groups is 4. The molecule has 414 valence electrons. The van der Waals surface area contributed by atoms with E-state index in [0.29, 0.717) is 65.3 Å². The van der Waals surface area contributed by atoms with Gasteiger partial charge in [-0.2, -0.15) is 0 Å². The number of unbranched alkanes of at least 4 members (excludes halogenated alkanes) is 26. The second kappa shape index (κ2) is 53.0. The number of hydrogen-bond acceptors (Lipinski definition) is 12. The summed E-state index contributed by atoms with van der Waals surface area (Å²) in [4.78, 5) is 59.8. The van der Waals surface area contributed by atoms with Crippen LogP contribution in [0.3, 0.4) is 0 Å². The van der Waals surface area contributed by atoms with Crippen LogP contribution in [0, 0.1) is 0 Å². The first-order chi connectivity index (χ1) is 34.2. The van der Waals surface area contributed by atoms with Gasteiger partial charge >= 0.3 is 23.9 Å². The van der Waals surface area contributed by atoms with E-state index in [4.69, 9.17) is 18.9 Å². The van der Waals surface area contributed by atoms with E-state index in [-0.39, 0.29) is 30.3 Å². The summed E-state index contributed by atoms with van der Waals surface area (Å²) in [7, 11) is 3.56. The Balaban J connectivity index is 5.16. The van der Waals surface area contributed by atoms with E-state index in [0.717, 1.165) is 97.2 Å². The smallest absolute Gasteiger partial charge is 0.307 e. The van der Waals surface area contributed by atoms with Gasteiger partial charge in [0.1, 0.15) is 0 Å². The third kappa shape index (κ3) is 48.0. The maximum atomic E-state index is 12.8. The molecule has 0 fully saturated rings. The first-order valence-corrected chi connectivity index (χ1v) is 29.6. The van der Waals surface area contributed by atoms with Crippen molar-refractivity contribution >= 4 is 23.9 Å². The van der Waals surface area contributed by atoms with Crippen LogP contribution in [0.15, 0.2) is 0 Å². The van der Waals surface area contributed by atoms with Gasteiger partial charge in [0.25, 0.3) is 0 Å². The molecule has 0 unspecified atom stereocenters. The second-order valence-corrected chi connectivity index (χ2v) is 20.3. The largest absolute Gasteiger partial charge is 0.469 e. The summed E-state index contributed by atoms with van der Waals surface area (Å²) < 4.78 is 21.9. The third-order valence-electron chi connectivity index (χ3n) is 13.7. The summed E-state index contributed by atoms with van der Waals surface area (Å²) in [6.07, 6.45) is 37.7. The molecule has 0 atom stereocenters. The van der Waals surface area contributed by atoms with Crippen LogP contribution < -0.4 is 0 Å². The van der Waals surface area contributed by atoms with Crippen LogP contribution in [0.5, 0.6) is 0 Å². The lowest BCUT2D eigenvalue weighted by Gasteiger charge is -2.30. The van der Waals surface area contributed by atoms with Crippen LogP contribution in [0.4, 0.5) is 0 Å². The molecule has 0 aliphatic heterocycles. The lowest BCUT2D eigenvalue weighted by Crippen LogP contribution is -2.42. The Labute approximate surface area is 432 Å². The number of ether oxygens (including phenoxy) is 4. The third-order valence-corrected chi connectivity index (χ3v) is 13.7. The number of esters is 4. The van der Waals surface area contributed by atoms with E-state index in [2.05, 4.69) is 54.3 Å². The van der Waals surface area contributed by atoms with Gasteiger partial charge in [0, 0.05) is 65.4 Å². The summed E-state index contributed by atoms with van der Waals surface area (Å²) >= 11 is 0. The molecule has 0 bridgehead atoms. The predicted molar refractivity (Wildman–Crippen MR) is 291 cm³/mol. The molecule has 0 aromatic rings. The first-order valence-electron chi connectivity index (χ1n) is 29.6. The van der Waals surface area contributed by atoms with Crippen LogP contribution in [-0.2, 0) is 38.1 Å². The topological polar surface area (TPSA) is 118 Å². The summed E-state index contributed by atoms with van der Waals surface area (Å²) in [5.74, 6) is -0.749. The SMILES string of the molecule is CCCCCCCCCCCOC(=O)CCN(CCC(=O)OCCCCCCCCCCC)CCN(C)CCN(CCCCC)CCN(CCC(=O)OC)CCC(=O)OCCCCCCCCCCC. The fourth-order valence-electron chi connectivity index (χ4n) is 8.72. The molecular formula is C58H114N4O8. The molecular weight excluding hydrogens is 881 g/mol. The molecule has 0 amide bonds. The standard InChI is InChI=1S/C58H114N4O8/c1-7-11-15-18-21-24-27-30-34-52-68-56(64)38-43-61(44-39-57(65)69-53-35-31-28-25-22-19-16-12-8-2)49-47-59(5)46-48-60(41-33-14-10-4)50-51-62(42-37-55(63)67-6)45-40-58(66)70-54-36-32-29-26-23-20-17-13-9-3/h7-54H2,1-6H3. The summed E-state index contributed by atoms with van der Waals surface area (Å²) in [5.41, 5.74) is 0. The number of likely N-dealkylation sites (N-methyl/N-ethyl adjacent to an activating group) is 1. The minimum Gasteiger partial charge on any atom is -0.469 e. The number of rotatable bonds is 55.